The molecule has 3 heterocycles. The Kier molecular flexibility index (Phi) is 4.13. The fraction of sp³-hybridized carbons (Fsp3) is 0.533. The van der Waals surface area contributed by atoms with Gasteiger partial charge >= 0.3 is 0 Å². The predicted molar refractivity (Wildman–Crippen MR) is 80.7 cm³/mol. The molecule has 1 aliphatic heterocycles. The Morgan fingerprint density at radius 1 is 1.32 bits per heavy atom. The molecule has 0 saturated carbocycles. The average molecular weight is 300 g/mol. The van der Waals surface area contributed by atoms with E-state index in [0.29, 0.717) is 5.82 Å². The first-order chi connectivity index (χ1) is 10.6. The first kappa shape index (κ1) is 14.6. The molecule has 0 radical (unpaired) electrons. The zero-order valence-corrected chi connectivity index (χ0v) is 12.9. The maximum absolute atomic E-state index is 12.5. The van der Waals surface area contributed by atoms with Crippen molar-refractivity contribution in [2.75, 3.05) is 0 Å². The third-order valence-corrected chi connectivity index (χ3v) is 4.13. The van der Waals surface area contributed by atoms with Crippen molar-refractivity contribution in [3.05, 3.63) is 24.5 Å². The van der Waals surface area contributed by atoms with Crippen molar-refractivity contribution < 1.29 is 4.79 Å². The minimum Gasteiger partial charge on any atom is -0.336 e. The normalized spacial score (nSPS) is 21.8. The number of carbonyl (C=O) groups is 1. The van der Waals surface area contributed by atoms with Crippen LogP contribution in [0, 0.1) is 0 Å². The average Bonchev–Trinajstić information content (AvgIpc) is 2.96. The Hall–Kier alpha value is -2.31. The van der Waals surface area contributed by atoms with E-state index in [-0.39, 0.29) is 24.5 Å². The van der Waals surface area contributed by atoms with Crippen LogP contribution in [0.1, 0.15) is 33.1 Å². The van der Waals surface area contributed by atoms with E-state index in [4.69, 9.17) is 0 Å². The maximum atomic E-state index is 12.5. The van der Waals surface area contributed by atoms with Crippen LogP contribution >= 0.6 is 0 Å². The van der Waals surface area contributed by atoms with Gasteiger partial charge in [-0.25, -0.2) is 0 Å². The van der Waals surface area contributed by atoms with E-state index in [2.05, 4.69) is 34.2 Å². The topological polar surface area (TPSA) is 76.8 Å². The van der Waals surface area contributed by atoms with E-state index in [1.807, 2.05) is 17.0 Å². The van der Waals surface area contributed by atoms with Crippen molar-refractivity contribution in [2.24, 2.45) is 0 Å². The second-order valence-electron chi connectivity index (χ2n) is 5.82. The number of piperidine rings is 1. The van der Waals surface area contributed by atoms with Crippen molar-refractivity contribution in [3.8, 4) is 11.4 Å². The third-order valence-electron chi connectivity index (χ3n) is 4.13. The number of rotatable bonds is 3. The first-order valence-corrected chi connectivity index (χ1v) is 7.64. The van der Waals surface area contributed by atoms with Crippen LogP contribution in [0.5, 0.6) is 0 Å². The van der Waals surface area contributed by atoms with Crippen molar-refractivity contribution in [1.29, 1.82) is 0 Å². The van der Waals surface area contributed by atoms with Crippen LogP contribution in [0.15, 0.2) is 24.5 Å². The SMILES string of the molecule is CC1CCCC(C)N1C(=O)Cn1nnc(-c2cccnc2)n1. The number of hydrogen-bond acceptors (Lipinski definition) is 5. The van der Waals surface area contributed by atoms with Crippen molar-refractivity contribution in [2.45, 2.75) is 51.7 Å². The number of hydrogen-bond donors (Lipinski definition) is 0. The number of amides is 1. The summed E-state index contributed by atoms with van der Waals surface area (Å²) in [4.78, 5) is 19.9. The van der Waals surface area contributed by atoms with Crippen LogP contribution in [0.2, 0.25) is 0 Å². The summed E-state index contributed by atoms with van der Waals surface area (Å²) in [5, 5.41) is 12.2. The van der Waals surface area contributed by atoms with Gasteiger partial charge in [0.2, 0.25) is 11.7 Å². The monoisotopic (exact) mass is 300 g/mol. The fourth-order valence-corrected chi connectivity index (χ4v) is 3.04. The molecule has 22 heavy (non-hydrogen) atoms. The molecule has 0 spiro atoms. The minimum atomic E-state index is 0.0508. The van der Waals surface area contributed by atoms with Crippen molar-refractivity contribution in [3.63, 3.8) is 0 Å². The summed E-state index contributed by atoms with van der Waals surface area (Å²) in [5.41, 5.74) is 0.793. The Morgan fingerprint density at radius 2 is 2.09 bits per heavy atom. The second-order valence-corrected chi connectivity index (χ2v) is 5.82. The molecule has 0 N–H and O–H groups in total. The van der Waals surface area contributed by atoms with Gasteiger partial charge in [-0.05, 0) is 50.5 Å². The number of aromatic nitrogens is 5. The summed E-state index contributed by atoms with van der Waals surface area (Å²) in [6.45, 7) is 4.33. The highest BCUT2D eigenvalue weighted by Crippen LogP contribution is 2.22. The highest BCUT2D eigenvalue weighted by Gasteiger charge is 2.29. The molecule has 7 nitrogen and oxygen atoms in total. The highest BCUT2D eigenvalue weighted by atomic mass is 16.2. The van der Waals surface area contributed by atoms with E-state index in [9.17, 15) is 4.79 Å². The Morgan fingerprint density at radius 3 is 2.77 bits per heavy atom. The molecule has 2 atom stereocenters. The van der Waals surface area contributed by atoms with E-state index < -0.39 is 0 Å². The van der Waals surface area contributed by atoms with Crippen LogP contribution in [0.25, 0.3) is 11.4 Å². The van der Waals surface area contributed by atoms with Gasteiger partial charge in [-0.15, -0.1) is 10.2 Å². The van der Waals surface area contributed by atoms with Gasteiger partial charge in [-0.3, -0.25) is 9.78 Å². The van der Waals surface area contributed by atoms with Gasteiger partial charge in [0.15, 0.2) is 0 Å². The van der Waals surface area contributed by atoms with Crippen LogP contribution in [0.3, 0.4) is 0 Å². The summed E-state index contributed by atoms with van der Waals surface area (Å²) < 4.78 is 0. The molecule has 2 unspecified atom stereocenters. The van der Waals surface area contributed by atoms with Crippen molar-refractivity contribution in [1.82, 2.24) is 30.1 Å². The molecule has 3 rings (SSSR count). The lowest BCUT2D eigenvalue weighted by atomic mass is 9.97. The van der Waals surface area contributed by atoms with Gasteiger partial charge in [-0.2, -0.15) is 4.80 Å². The number of tetrazole rings is 1. The van der Waals surface area contributed by atoms with Gasteiger partial charge in [0.1, 0.15) is 6.54 Å². The Labute approximate surface area is 129 Å². The predicted octanol–water partition coefficient (Wildman–Crippen LogP) is 1.52. The van der Waals surface area contributed by atoms with Gasteiger partial charge in [0.25, 0.3) is 0 Å². The van der Waals surface area contributed by atoms with Gasteiger partial charge < -0.3 is 4.90 Å². The van der Waals surface area contributed by atoms with Crippen LogP contribution < -0.4 is 0 Å². The molecule has 2 aromatic heterocycles. The number of carbonyl (C=O) groups excluding carboxylic acids is 1. The smallest absolute Gasteiger partial charge is 0.246 e. The zero-order chi connectivity index (χ0) is 15.5. The lowest BCUT2D eigenvalue weighted by Crippen LogP contribution is -2.48. The van der Waals surface area contributed by atoms with E-state index in [1.165, 1.54) is 11.2 Å². The van der Waals surface area contributed by atoms with Crippen LogP contribution in [-0.4, -0.2) is 48.1 Å². The number of likely N-dealkylation sites (tertiary alicyclic amines) is 1. The van der Waals surface area contributed by atoms with E-state index in [0.717, 1.165) is 18.4 Å². The summed E-state index contributed by atoms with van der Waals surface area (Å²) >= 11 is 0. The quantitative estimate of drug-likeness (QED) is 0.859. The number of pyridine rings is 1. The summed E-state index contributed by atoms with van der Waals surface area (Å²) in [6, 6.07) is 4.23. The minimum absolute atomic E-state index is 0.0508. The first-order valence-electron chi connectivity index (χ1n) is 7.64. The third kappa shape index (κ3) is 2.98. The lowest BCUT2D eigenvalue weighted by Gasteiger charge is -2.38. The van der Waals surface area contributed by atoms with Crippen molar-refractivity contribution >= 4 is 5.91 Å². The lowest BCUT2D eigenvalue weighted by molar-refractivity contribution is -0.138. The summed E-state index contributed by atoms with van der Waals surface area (Å²) in [5.74, 6) is 0.537. The Balaban J connectivity index is 1.71. The highest BCUT2D eigenvalue weighted by molar-refractivity contribution is 5.76. The standard InChI is InChI=1S/C15H20N6O/c1-11-5-3-6-12(2)21(11)14(22)10-20-18-15(17-19-20)13-7-4-8-16-9-13/h4,7-9,11-12H,3,5-6,10H2,1-2H3. The summed E-state index contributed by atoms with van der Waals surface area (Å²) in [6.07, 6.45) is 6.66. The van der Waals surface area contributed by atoms with E-state index >= 15 is 0 Å². The van der Waals surface area contributed by atoms with Crippen LogP contribution in [0.4, 0.5) is 0 Å². The molecule has 0 bridgehead atoms. The fourth-order valence-electron chi connectivity index (χ4n) is 3.04. The van der Waals surface area contributed by atoms with Gasteiger partial charge in [0, 0.05) is 30.0 Å². The molecular weight excluding hydrogens is 280 g/mol. The molecule has 0 aromatic carbocycles. The second kappa shape index (κ2) is 6.21. The summed E-state index contributed by atoms with van der Waals surface area (Å²) in [7, 11) is 0. The molecule has 7 heteroatoms. The molecule has 0 aliphatic carbocycles. The molecule has 1 aliphatic rings. The number of nitrogens with zero attached hydrogens (tertiary/aromatic N) is 6. The van der Waals surface area contributed by atoms with Gasteiger partial charge in [-0.1, -0.05) is 0 Å². The van der Waals surface area contributed by atoms with Gasteiger partial charge in [0.05, 0.1) is 0 Å². The molecule has 1 amide bonds. The molecular formula is C15H20N6O. The molecule has 2 aromatic rings. The largest absolute Gasteiger partial charge is 0.336 e. The molecule has 116 valence electrons. The maximum Gasteiger partial charge on any atom is 0.246 e. The Bertz CT molecular complexity index is 630. The molecule has 1 saturated heterocycles. The zero-order valence-electron chi connectivity index (χ0n) is 12.9. The van der Waals surface area contributed by atoms with Crippen LogP contribution in [-0.2, 0) is 11.3 Å². The molecule has 1 fully saturated rings. The van der Waals surface area contributed by atoms with E-state index in [1.54, 1.807) is 12.4 Å².